The Morgan fingerprint density at radius 2 is 1.74 bits per heavy atom. The zero-order chi connectivity index (χ0) is 25.0. The molecule has 1 aliphatic heterocycles. The number of anilines is 1. The van der Waals surface area contributed by atoms with E-state index in [0.717, 1.165) is 26.9 Å². The summed E-state index contributed by atoms with van der Waals surface area (Å²) in [6.07, 6.45) is 0.982. The number of hydrogen-bond acceptors (Lipinski definition) is 5. The maximum atomic E-state index is 14.2. The van der Waals surface area contributed by atoms with Crippen molar-refractivity contribution in [1.82, 2.24) is 4.57 Å². The highest BCUT2D eigenvalue weighted by Gasteiger charge is 2.56. The molecule has 0 radical (unpaired) electrons. The third kappa shape index (κ3) is 3.73. The minimum atomic E-state index is -1.40. The fourth-order valence-corrected chi connectivity index (χ4v) is 4.82. The molecule has 2 amide bonds. The minimum Gasteiger partial charge on any atom is -0.443 e. The van der Waals surface area contributed by atoms with Crippen molar-refractivity contribution in [3.05, 3.63) is 75.0 Å². The van der Waals surface area contributed by atoms with E-state index in [1.807, 2.05) is 62.0 Å². The molecule has 0 aliphatic carbocycles. The first-order chi connectivity index (χ1) is 15.8. The van der Waals surface area contributed by atoms with Crippen molar-refractivity contribution in [3.8, 4) is 0 Å². The van der Waals surface area contributed by atoms with Crippen molar-refractivity contribution >= 4 is 28.6 Å². The van der Waals surface area contributed by atoms with Gasteiger partial charge in [-0.05, 0) is 63.4 Å². The number of aryl methyl sites for hydroxylation is 3. The van der Waals surface area contributed by atoms with E-state index in [1.54, 1.807) is 26.8 Å². The molecule has 3 aromatic rings. The monoisotopic (exact) mass is 463 g/mol. The zero-order valence-electron chi connectivity index (χ0n) is 20.3. The number of ether oxygens (including phenoxy) is 1. The maximum absolute atomic E-state index is 14.2. The Labute approximate surface area is 198 Å². The lowest BCUT2D eigenvalue weighted by Gasteiger charge is -2.28. The van der Waals surface area contributed by atoms with Crippen LogP contribution in [0, 0.1) is 24.0 Å². The number of hydrogen-bond donors (Lipinski definition) is 0. The minimum absolute atomic E-state index is 0.0818. The Morgan fingerprint density at radius 3 is 2.38 bits per heavy atom. The Morgan fingerprint density at radius 1 is 1.09 bits per heavy atom. The van der Waals surface area contributed by atoms with Crippen LogP contribution in [0.15, 0.2) is 42.6 Å². The van der Waals surface area contributed by atoms with E-state index in [-0.39, 0.29) is 6.42 Å². The molecule has 1 atom stereocenters. The molecular weight excluding hydrogens is 434 g/mol. The molecule has 178 valence electrons. The summed E-state index contributed by atoms with van der Waals surface area (Å²) in [5, 5.41) is 12.3. The number of benzene rings is 2. The number of aromatic nitrogens is 1. The lowest BCUT2D eigenvalue weighted by molar-refractivity contribution is -0.481. The third-order valence-corrected chi connectivity index (χ3v) is 6.27. The van der Waals surface area contributed by atoms with Gasteiger partial charge in [-0.2, -0.15) is 0 Å². The van der Waals surface area contributed by atoms with Crippen molar-refractivity contribution in [3.63, 3.8) is 0 Å². The Bertz CT molecular complexity index is 1330. The molecule has 2 aromatic carbocycles. The molecule has 34 heavy (non-hydrogen) atoms. The van der Waals surface area contributed by atoms with Crippen LogP contribution in [-0.4, -0.2) is 33.6 Å². The van der Waals surface area contributed by atoms with E-state index in [0.29, 0.717) is 16.8 Å². The largest absolute Gasteiger partial charge is 0.443 e. The fourth-order valence-electron chi connectivity index (χ4n) is 4.82. The Kier molecular flexibility index (Phi) is 5.50. The van der Waals surface area contributed by atoms with Gasteiger partial charge >= 0.3 is 6.09 Å². The third-order valence-electron chi connectivity index (χ3n) is 6.27. The molecular formula is C26H29N3O5. The topological polar surface area (TPSA) is 94.7 Å². The van der Waals surface area contributed by atoms with Crippen molar-refractivity contribution < 1.29 is 19.2 Å². The lowest BCUT2D eigenvalue weighted by Crippen LogP contribution is -2.46. The molecule has 0 saturated heterocycles. The molecule has 1 aliphatic rings. The fraction of sp³-hybridized carbons (Fsp3) is 0.385. The molecule has 0 unspecified atom stereocenters. The molecule has 0 N–H and O–H groups in total. The first kappa shape index (κ1) is 23.5. The number of nitro groups is 1. The number of fused-ring (bicyclic) bond motifs is 2. The van der Waals surface area contributed by atoms with E-state index >= 15 is 0 Å². The number of imide groups is 1. The lowest BCUT2D eigenvalue weighted by atomic mass is 9.72. The summed E-state index contributed by atoms with van der Waals surface area (Å²) >= 11 is 0. The molecule has 0 fully saturated rings. The van der Waals surface area contributed by atoms with Gasteiger partial charge in [-0.15, -0.1) is 0 Å². The summed E-state index contributed by atoms with van der Waals surface area (Å²) in [5.41, 5.74) is 2.27. The van der Waals surface area contributed by atoms with E-state index in [4.69, 9.17) is 4.74 Å². The number of amides is 2. The predicted molar refractivity (Wildman–Crippen MR) is 130 cm³/mol. The van der Waals surface area contributed by atoms with Crippen molar-refractivity contribution in [1.29, 1.82) is 0 Å². The number of rotatable bonds is 4. The first-order valence-electron chi connectivity index (χ1n) is 11.2. The summed E-state index contributed by atoms with van der Waals surface area (Å²) in [7, 11) is 1.88. The Balaban J connectivity index is 2.03. The summed E-state index contributed by atoms with van der Waals surface area (Å²) in [6.45, 7) is 8.64. The van der Waals surface area contributed by atoms with Gasteiger partial charge in [0.2, 0.25) is 6.54 Å². The van der Waals surface area contributed by atoms with E-state index in [1.165, 1.54) is 0 Å². The highest BCUT2D eigenvalue weighted by molar-refractivity contribution is 6.23. The highest BCUT2D eigenvalue weighted by Crippen LogP contribution is 2.51. The molecule has 0 bridgehead atoms. The second-order valence-corrected chi connectivity index (χ2v) is 10.0. The molecule has 0 spiro atoms. The summed E-state index contributed by atoms with van der Waals surface area (Å²) in [4.78, 5) is 39.6. The zero-order valence-corrected chi connectivity index (χ0v) is 20.3. The van der Waals surface area contributed by atoms with Crippen molar-refractivity contribution in [2.45, 2.75) is 52.1 Å². The molecule has 1 aromatic heterocycles. The van der Waals surface area contributed by atoms with Gasteiger partial charge in [0.05, 0.1) is 5.69 Å². The number of nitrogens with zero attached hydrogens (tertiary/aromatic N) is 3. The van der Waals surface area contributed by atoms with Crippen LogP contribution in [0.4, 0.5) is 10.5 Å². The summed E-state index contributed by atoms with van der Waals surface area (Å²) in [5.74, 6) is -0.530. The Hall–Kier alpha value is -3.68. The van der Waals surface area contributed by atoms with Crippen LogP contribution in [0.3, 0.4) is 0 Å². The van der Waals surface area contributed by atoms with Gasteiger partial charge in [-0.1, -0.05) is 29.8 Å². The van der Waals surface area contributed by atoms with Gasteiger partial charge in [0.1, 0.15) is 11.0 Å². The van der Waals surface area contributed by atoms with Crippen LogP contribution >= 0.6 is 0 Å². The number of carbonyl (C=O) groups excluding carboxylic acids is 2. The van der Waals surface area contributed by atoms with Gasteiger partial charge in [-0.25, -0.2) is 9.69 Å². The highest BCUT2D eigenvalue weighted by atomic mass is 16.6. The van der Waals surface area contributed by atoms with Crippen LogP contribution in [-0.2, 0) is 22.0 Å². The second-order valence-electron chi connectivity index (χ2n) is 10.0. The van der Waals surface area contributed by atoms with Crippen LogP contribution in [0.5, 0.6) is 0 Å². The van der Waals surface area contributed by atoms with E-state index < -0.39 is 34.5 Å². The molecule has 2 heterocycles. The quantitative estimate of drug-likeness (QED) is 0.399. The summed E-state index contributed by atoms with van der Waals surface area (Å²) < 4.78 is 7.49. The van der Waals surface area contributed by atoms with Crippen LogP contribution < -0.4 is 4.90 Å². The average molecular weight is 464 g/mol. The average Bonchev–Trinajstić information content (AvgIpc) is 3.17. The van der Waals surface area contributed by atoms with Gasteiger partial charge in [-0.3, -0.25) is 14.9 Å². The molecule has 8 nitrogen and oxygen atoms in total. The number of carbonyl (C=O) groups is 2. The van der Waals surface area contributed by atoms with Crippen molar-refractivity contribution in [2.75, 3.05) is 11.4 Å². The molecule has 4 rings (SSSR count). The first-order valence-corrected chi connectivity index (χ1v) is 11.2. The normalized spacial score (nSPS) is 17.8. The van der Waals surface area contributed by atoms with E-state index in [2.05, 4.69) is 0 Å². The van der Waals surface area contributed by atoms with Crippen LogP contribution in [0.2, 0.25) is 0 Å². The summed E-state index contributed by atoms with van der Waals surface area (Å²) in [6, 6.07) is 11.3. The predicted octanol–water partition coefficient (Wildman–Crippen LogP) is 5.03. The van der Waals surface area contributed by atoms with Crippen molar-refractivity contribution in [2.24, 2.45) is 7.05 Å². The molecule has 8 heteroatoms. The maximum Gasteiger partial charge on any atom is 0.421 e. The smallest absolute Gasteiger partial charge is 0.421 e. The van der Waals surface area contributed by atoms with E-state index in [9.17, 15) is 19.7 Å². The van der Waals surface area contributed by atoms with Crippen LogP contribution in [0.1, 0.15) is 49.4 Å². The van der Waals surface area contributed by atoms with Gasteiger partial charge < -0.3 is 9.30 Å². The standard InChI is InChI=1S/C26H29N3O5/c1-16-8-10-21-19(13-16)26(11-12-28(32)33,23(30)29(21)24(31)34-25(3,4)5)20-15-27(6)22-14-17(2)7-9-18(20)22/h7-10,13-15H,11-12H2,1-6H3/t26-/m1/s1. The SMILES string of the molecule is Cc1ccc2c(c1)[C@](CC[N+](=O)[O-])(c1cn(C)c3cc(C)ccc13)C(=O)N2C(=O)OC(C)(C)C. The molecule has 0 saturated carbocycles. The second kappa shape index (κ2) is 7.97. The van der Waals surface area contributed by atoms with Gasteiger partial charge in [0, 0.05) is 35.5 Å². The van der Waals surface area contributed by atoms with Gasteiger partial charge in [0.25, 0.3) is 5.91 Å². The van der Waals surface area contributed by atoms with Gasteiger partial charge in [0.15, 0.2) is 0 Å². The van der Waals surface area contributed by atoms with Crippen LogP contribution in [0.25, 0.3) is 10.9 Å².